The van der Waals surface area contributed by atoms with Gasteiger partial charge in [-0.05, 0) is 18.8 Å². The average molecular weight is 271 g/mol. The lowest BCUT2D eigenvalue weighted by atomic mass is 9.95. The predicted molar refractivity (Wildman–Crippen MR) is 68.3 cm³/mol. The van der Waals surface area contributed by atoms with Crippen LogP contribution in [0.25, 0.3) is 0 Å². The largest absolute Gasteiger partial charge is 0.476 e. The number of carboxylic acids is 1. The maximum atomic E-state index is 11.6. The van der Waals surface area contributed by atoms with Crippen molar-refractivity contribution in [3.05, 3.63) is 15.6 Å². The molecule has 0 bridgehead atoms. The summed E-state index contributed by atoms with van der Waals surface area (Å²) in [4.78, 5) is 27.2. The average Bonchev–Trinajstić information content (AvgIpc) is 2.72. The molecule has 0 aliphatic heterocycles. The summed E-state index contributed by atoms with van der Waals surface area (Å²) in [5.41, 5.74) is -0.0377. The Hall–Kier alpha value is -1.43. The molecular formula is C12H17NO4S. The highest BCUT2D eigenvalue weighted by atomic mass is 32.1. The summed E-state index contributed by atoms with van der Waals surface area (Å²) < 4.78 is 4.83. The van der Waals surface area contributed by atoms with E-state index in [4.69, 9.17) is 9.84 Å². The molecule has 0 aromatic carbocycles. The van der Waals surface area contributed by atoms with Crippen molar-refractivity contribution >= 4 is 23.3 Å². The van der Waals surface area contributed by atoms with Crippen LogP contribution in [-0.4, -0.2) is 28.6 Å². The van der Waals surface area contributed by atoms with Gasteiger partial charge in [0.1, 0.15) is 0 Å². The molecule has 0 spiro atoms. The fourth-order valence-corrected chi connectivity index (χ4v) is 2.55. The van der Waals surface area contributed by atoms with Gasteiger partial charge in [0.25, 0.3) is 0 Å². The van der Waals surface area contributed by atoms with Crippen LogP contribution in [0.3, 0.4) is 0 Å². The van der Waals surface area contributed by atoms with E-state index in [1.807, 2.05) is 20.8 Å². The summed E-state index contributed by atoms with van der Waals surface area (Å²) in [6, 6.07) is 0. The Balaban J connectivity index is 3.16. The van der Waals surface area contributed by atoms with Gasteiger partial charge in [0, 0.05) is 4.88 Å². The molecule has 1 aromatic heterocycles. The van der Waals surface area contributed by atoms with Crippen molar-refractivity contribution in [2.45, 2.75) is 33.6 Å². The van der Waals surface area contributed by atoms with Gasteiger partial charge in [-0.25, -0.2) is 14.6 Å². The molecule has 1 unspecified atom stereocenters. The Morgan fingerprint density at radius 1 is 1.39 bits per heavy atom. The molecule has 6 heteroatoms. The topological polar surface area (TPSA) is 76.5 Å². The normalized spacial score (nSPS) is 12.5. The molecule has 18 heavy (non-hydrogen) atoms. The monoisotopic (exact) mass is 271 g/mol. The van der Waals surface area contributed by atoms with Gasteiger partial charge in [-0.3, -0.25) is 0 Å². The van der Waals surface area contributed by atoms with Gasteiger partial charge in [0.15, 0.2) is 5.69 Å². The van der Waals surface area contributed by atoms with E-state index in [2.05, 4.69) is 4.98 Å². The van der Waals surface area contributed by atoms with Gasteiger partial charge in [-0.15, -0.1) is 11.3 Å². The molecule has 0 aliphatic rings. The minimum absolute atomic E-state index is 0.0377. The van der Waals surface area contributed by atoms with E-state index in [9.17, 15) is 9.59 Å². The highest BCUT2D eigenvalue weighted by Gasteiger charge is 2.26. The van der Waals surface area contributed by atoms with Crippen molar-refractivity contribution in [3.8, 4) is 0 Å². The first-order valence-electron chi connectivity index (χ1n) is 5.79. The summed E-state index contributed by atoms with van der Waals surface area (Å²) >= 11 is 1.11. The molecular weight excluding hydrogens is 254 g/mol. The standard InChI is InChI=1S/C12H17NO4S/c1-5-17-12(16)10-13-8(11(14)15)9(18-10)7(4)6(2)3/h6-7H,5H2,1-4H3,(H,14,15). The highest BCUT2D eigenvalue weighted by Crippen LogP contribution is 2.32. The van der Waals surface area contributed by atoms with Crippen molar-refractivity contribution in [2.24, 2.45) is 5.92 Å². The molecule has 0 saturated carbocycles. The Bertz CT molecular complexity index is 453. The second-order valence-electron chi connectivity index (χ2n) is 4.29. The van der Waals surface area contributed by atoms with E-state index in [-0.39, 0.29) is 29.1 Å². The van der Waals surface area contributed by atoms with Gasteiger partial charge in [-0.2, -0.15) is 0 Å². The maximum Gasteiger partial charge on any atom is 0.367 e. The van der Waals surface area contributed by atoms with Gasteiger partial charge in [0.2, 0.25) is 5.01 Å². The minimum Gasteiger partial charge on any atom is -0.476 e. The first-order valence-corrected chi connectivity index (χ1v) is 6.61. The zero-order chi connectivity index (χ0) is 13.9. The summed E-state index contributed by atoms with van der Waals surface area (Å²) in [5, 5.41) is 9.22. The van der Waals surface area contributed by atoms with Gasteiger partial charge < -0.3 is 9.84 Å². The molecule has 1 atom stereocenters. The third-order valence-electron chi connectivity index (χ3n) is 2.72. The molecule has 1 rings (SSSR count). The number of hydrogen-bond acceptors (Lipinski definition) is 5. The second-order valence-corrected chi connectivity index (χ2v) is 5.32. The van der Waals surface area contributed by atoms with Crippen LogP contribution in [0, 0.1) is 5.92 Å². The summed E-state index contributed by atoms with van der Waals surface area (Å²) in [5.74, 6) is -1.35. The molecule has 1 heterocycles. The van der Waals surface area contributed by atoms with Gasteiger partial charge in [0.05, 0.1) is 6.61 Å². The minimum atomic E-state index is -1.11. The first kappa shape index (κ1) is 14.6. The van der Waals surface area contributed by atoms with Crippen LogP contribution in [0.2, 0.25) is 0 Å². The summed E-state index contributed by atoms with van der Waals surface area (Å²) in [6.45, 7) is 7.87. The fraction of sp³-hybridized carbons (Fsp3) is 0.583. The van der Waals surface area contributed by atoms with Crippen molar-refractivity contribution < 1.29 is 19.4 Å². The van der Waals surface area contributed by atoms with Crippen LogP contribution in [0.4, 0.5) is 0 Å². The van der Waals surface area contributed by atoms with Crippen LogP contribution in [0.15, 0.2) is 0 Å². The van der Waals surface area contributed by atoms with E-state index in [0.717, 1.165) is 11.3 Å². The molecule has 1 aromatic rings. The molecule has 1 N–H and O–H groups in total. The van der Waals surface area contributed by atoms with Crippen molar-refractivity contribution in [1.82, 2.24) is 4.98 Å². The van der Waals surface area contributed by atoms with E-state index in [1.54, 1.807) is 6.92 Å². The van der Waals surface area contributed by atoms with E-state index < -0.39 is 11.9 Å². The van der Waals surface area contributed by atoms with Crippen molar-refractivity contribution in [2.75, 3.05) is 6.61 Å². The third-order valence-corrected chi connectivity index (χ3v) is 3.96. The predicted octanol–water partition coefficient (Wildman–Crippen LogP) is 2.78. The number of carbonyl (C=O) groups is 2. The first-order chi connectivity index (χ1) is 8.38. The Labute approximate surface area is 110 Å². The zero-order valence-corrected chi connectivity index (χ0v) is 11.7. The lowest BCUT2D eigenvalue weighted by Crippen LogP contribution is -2.08. The van der Waals surface area contributed by atoms with E-state index >= 15 is 0 Å². The second kappa shape index (κ2) is 5.95. The van der Waals surface area contributed by atoms with Gasteiger partial charge >= 0.3 is 11.9 Å². The van der Waals surface area contributed by atoms with Crippen molar-refractivity contribution in [1.29, 1.82) is 0 Å². The Morgan fingerprint density at radius 2 is 2.00 bits per heavy atom. The molecule has 100 valence electrons. The van der Waals surface area contributed by atoms with E-state index in [1.165, 1.54) is 0 Å². The number of nitrogens with zero attached hydrogens (tertiary/aromatic N) is 1. The summed E-state index contributed by atoms with van der Waals surface area (Å²) in [7, 11) is 0. The lowest BCUT2D eigenvalue weighted by Gasteiger charge is -2.13. The number of aromatic nitrogens is 1. The fourth-order valence-electron chi connectivity index (χ4n) is 1.38. The zero-order valence-electron chi connectivity index (χ0n) is 10.9. The molecule has 0 fully saturated rings. The SMILES string of the molecule is CCOC(=O)c1nc(C(=O)O)c(C(C)C(C)C)s1. The summed E-state index contributed by atoms with van der Waals surface area (Å²) in [6.07, 6.45) is 0. The molecule has 0 amide bonds. The number of rotatable bonds is 5. The van der Waals surface area contributed by atoms with Crippen LogP contribution < -0.4 is 0 Å². The number of hydrogen-bond donors (Lipinski definition) is 1. The molecule has 0 saturated heterocycles. The van der Waals surface area contributed by atoms with Crippen LogP contribution >= 0.6 is 11.3 Å². The molecule has 0 radical (unpaired) electrons. The number of carboxylic acid groups (broad SMARTS) is 1. The number of ether oxygens (including phenoxy) is 1. The third kappa shape index (κ3) is 3.07. The molecule has 5 nitrogen and oxygen atoms in total. The van der Waals surface area contributed by atoms with Crippen LogP contribution in [0.1, 0.15) is 58.8 Å². The maximum absolute atomic E-state index is 11.6. The van der Waals surface area contributed by atoms with Crippen LogP contribution in [-0.2, 0) is 4.74 Å². The number of carbonyl (C=O) groups excluding carboxylic acids is 1. The smallest absolute Gasteiger partial charge is 0.367 e. The number of esters is 1. The number of thiazole rings is 1. The van der Waals surface area contributed by atoms with Crippen LogP contribution in [0.5, 0.6) is 0 Å². The molecule has 0 aliphatic carbocycles. The quantitative estimate of drug-likeness (QED) is 0.833. The Kier molecular flexibility index (Phi) is 4.84. The Morgan fingerprint density at radius 3 is 2.44 bits per heavy atom. The van der Waals surface area contributed by atoms with Gasteiger partial charge in [-0.1, -0.05) is 20.8 Å². The number of aromatic carboxylic acids is 1. The lowest BCUT2D eigenvalue weighted by molar-refractivity contribution is 0.0526. The van der Waals surface area contributed by atoms with E-state index in [0.29, 0.717) is 4.88 Å². The highest BCUT2D eigenvalue weighted by molar-refractivity contribution is 7.13. The van der Waals surface area contributed by atoms with Crippen molar-refractivity contribution in [3.63, 3.8) is 0 Å².